The normalized spacial score (nSPS) is 11.2. The molecule has 0 radical (unpaired) electrons. The molecular weight excluding hydrogens is 348 g/mol. The van der Waals surface area contributed by atoms with Crippen LogP contribution < -0.4 is 5.32 Å². The first kappa shape index (κ1) is 27.2. The second-order valence-electron chi connectivity index (χ2n) is 8.38. The molecule has 0 unspecified atom stereocenters. The minimum absolute atomic E-state index is 0.588. The predicted molar refractivity (Wildman–Crippen MR) is 122 cm³/mol. The van der Waals surface area contributed by atoms with Gasteiger partial charge in [0.05, 0.1) is 0 Å². The lowest BCUT2D eigenvalue weighted by atomic mass is 10.1. The Morgan fingerprint density at radius 2 is 0.964 bits per heavy atom. The summed E-state index contributed by atoms with van der Waals surface area (Å²) in [6.07, 6.45) is 21.6. The molecule has 0 saturated carbocycles. The van der Waals surface area contributed by atoms with Gasteiger partial charge in [0.25, 0.3) is 0 Å². The van der Waals surface area contributed by atoms with E-state index in [4.69, 9.17) is 5.11 Å². The first-order valence-electron chi connectivity index (χ1n) is 12.4. The van der Waals surface area contributed by atoms with E-state index < -0.39 is 6.09 Å². The number of carboxylic acid groups (broad SMARTS) is 1. The van der Waals surface area contributed by atoms with Gasteiger partial charge in [0.2, 0.25) is 0 Å². The van der Waals surface area contributed by atoms with Crippen LogP contribution in [0.2, 0.25) is 0 Å². The van der Waals surface area contributed by atoms with Crippen molar-refractivity contribution < 1.29 is 9.90 Å². The molecule has 0 aliphatic heterocycles. The third kappa shape index (κ3) is 21.5. The van der Waals surface area contributed by atoms with Crippen molar-refractivity contribution in [2.75, 3.05) is 26.2 Å². The van der Waals surface area contributed by atoms with Crippen molar-refractivity contribution in [2.24, 2.45) is 0 Å². The summed E-state index contributed by atoms with van der Waals surface area (Å²) in [7, 11) is 0. The van der Waals surface area contributed by atoms with Crippen LogP contribution >= 0.6 is 0 Å². The summed E-state index contributed by atoms with van der Waals surface area (Å²) < 4.78 is 0. The topological polar surface area (TPSA) is 52.6 Å². The van der Waals surface area contributed by atoms with Gasteiger partial charge in [-0.3, -0.25) is 0 Å². The number of unbranched alkanes of at least 4 members (excludes halogenated alkanes) is 14. The minimum Gasteiger partial charge on any atom is -0.465 e. The van der Waals surface area contributed by atoms with E-state index in [1.54, 1.807) is 0 Å². The Bertz CT molecular complexity index is 306. The Morgan fingerprint density at radius 3 is 1.36 bits per heavy atom. The fourth-order valence-corrected chi connectivity index (χ4v) is 3.75. The van der Waals surface area contributed by atoms with Crippen LogP contribution in [0.15, 0.2) is 0 Å². The largest absolute Gasteiger partial charge is 0.465 e. The van der Waals surface area contributed by atoms with E-state index in [2.05, 4.69) is 24.1 Å². The summed E-state index contributed by atoms with van der Waals surface area (Å²) in [6, 6.07) is 0. The van der Waals surface area contributed by atoms with Crippen LogP contribution in [-0.4, -0.2) is 42.3 Å². The molecule has 0 spiro atoms. The van der Waals surface area contributed by atoms with Crippen molar-refractivity contribution >= 4 is 6.09 Å². The van der Waals surface area contributed by atoms with Gasteiger partial charge in [0.15, 0.2) is 0 Å². The van der Waals surface area contributed by atoms with E-state index in [0.717, 1.165) is 12.8 Å². The SMILES string of the molecule is CCCCCCCCCN(CCCCCCCCC)CCCCCNC(=O)O. The molecule has 0 aliphatic carbocycles. The smallest absolute Gasteiger partial charge is 0.404 e. The van der Waals surface area contributed by atoms with E-state index >= 15 is 0 Å². The van der Waals surface area contributed by atoms with Crippen molar-refractivity contribution in [3.8, 4) is 0 Å². The number of hydrogen-bond acceptors (Lipinski definition) is 2. The lowest BCUT2D eigenvalue weighted by molar-refractivity contribution is 0.194. The van der Waals surface area contributed by atoms with Crippen LogP contribution in [-0.2, 0) is 0 Å². The molecule has 2 N–H and O–H groups in total. The number of nitrogens with one attached hydrogen (secondary N) is 1. The van der Waals surface area contributed by atoms with Gasteiger partial charge >= 0.3 is 6.09 Å². The second kappa shape index (κ2) is 22.5. The number of nitrogens with zero attached hydrogens (tertiary/aromatic N) is 1. The molecule has 0 rings (SSSR count). The van der Waals surface area contributed by atoms with Gasteiger partial charge in [-0.05, 0) is 45.3 Å². The van der Waals surface area contributed by atoms with Crippen molar-refractivity contribution in [3.63, 3.8) is 0 Å². The van der Waals surface area contributed by atoms with Crippen LogP contribution in [0.3, 0.4) is 0 Å². The molecule has 0 atom stereocenters. The molecule has 0 aromatic carbocycles. The van der Waals surface area contributed by atoms with Gasteiger partial charge in [-0.25, -0.2) is 4.79 Å². The fourth-order valence-electron chi connectivity index (χ4n) is 3.75. The maximum atomic E-state index is 10.5. The Balaban J connectivity index is 3.84. The van der Waals surface area contributed by atoms with Crippen molar-refractivity contribution in [1.29, 1.82) is 0 Å². The van der Waals surface area contributed by atoms with E-state index in [1.807, 2.05) is 0 Å². The molecule has 0 fully saturated rings. The third-order valence-electron chi connectivity index (χ3n) is 5.58. The molecule has 0 saturated heterocycles. The molecule has 0 aromatic rings. The highest BCUT2D eigenvalue weighted by Crippen LogP contribution is 2.11. The Hall–Kier alpha value is -0.770. The first-order chi connectivity index (χ1) is 13.7. The standard InChI is InChI=1S/C24H50N2O2/c1-3-5-7-9-11-13-17-21-26(22-18-14-12-10-8-6-4-2)23-19-15-16-20-25-24(27)28/h25H,3-23H2,1-2H3,(H,27,28). The molecule has 1 amide bonds. The summed E-state index contributed by atoms with van der Waals surface area (Å²) >= 11 is 0. The number of hydrogen-bond donors (Lipinski definition) is 2. The van der Waals surface area contributed by atoms with Gasteiger partial charge in [-0.1, -0.05) is 97.3 Å². The average Bonchev–Trinajstić information content (AvgIpc) is 2.68. The summed E-state index contributed by atoms with van der Waals surface area (Å²) in [6.45, 7) is 8.82. The van der Waals surface area contributed by atoms with Crippen molar-refractivity contribution in [2.45, 2.75) is 123 Å². The van der Waals surface area contributed by atoms with Gasteiger partial charge in [0.1, 0.15) is 0 Å². The van der Waals surface area contributed by atoms with E-state index in [-0.39, 0.29) is 0 Å². The summed E-state index contributed by atoms with van der Waals surface area (Å²) in [4.78, 5) is 13.1. The fraction of sp³-hybridized carbons (Fsp3) is 0.958. The monoisotopic (exact) mass is 398 g/mol. The summed E-state index contributed by atoms with van der Waals surface area (Å²) in [5.41, 5.74) is 0. The maximum absolute atomic E-state index is 10.5. The molecule has 0 heterocycles. The quantitative estimate of drug-likeness (QED) is 0.189. The number of amides is 1. The Kier molecular flexibility index (Phi) is 21.9. The Labute approximate surface area is 175 Å². The van der Waals surface area contributed by atoms with Crippen LogP contribution in [0.1, 0.15) is 123 Å². The first-order valence-corrected chi connectivity index (χ1v) is 12.4. The minimum atomic E-state index is -0.903. The second-order valence-corrected chi connectivity index (χ2v) is 8.38. The van der Waals surface area contributed by atoms with E-state index in [9.17, 15) is 4.79 Å². The summed E-state index contributed by atoms with van der Waals surface area (Å²) in [5.74, 6) is 0. The van der Waals surface area contributed by atoms with Crippen LogP contribution in [0.25, 0.3) is 0 Å². The van der Waals surface area contributed by atoms with Gasteiger partial charge in [-0.2, -0.15) is 0 Å². The molecule has 0 aromatic heterocycles. The zero-order chi connectivity index (χ0) is 20.7. The third-order valence-corrected chi connectivity index (χ3v) is 5.58. The molecule has 0 aliphatic rings. The van der Waals surface area contributed by atoms with Gasteiger partial charge < -0.3 is 15.3 Å². The predicted octanol–water partition coefficient (Wildman–Crippen LogP) is 7.23. The molecule has 168 valence electrons. The van der Waals surface area contributed by atoms with E-state index in [1.165, 1.54) is 116 Å². The molecule has 4 nitrogen and oxygen atoms in total. The highest BCUT2D eigenvalue weighted by atomic mass is 16.4. The highest BCUT2D eigenvalue weighted by Gasteiger charge is 2.05. The van der Waals surface area contributed by atoms with Crippen molar-refractivity contribution in [1.82, 2.24) is 10.2 Å². The Morgan fingerprint density at radius 1 is 0.607 bits per heavy atom. The molecule has 28 heavy (non-hydrogen) atoms. The van der Waals surface area contributed by atoms with E-state index in [0.29, 0.717) is 6.54 Å². The number of rotatable bonds is 22. The number of carbonyl (C=O) groups is 1. The average molecular weight is 399 g/mol. The maximum Gasteiger partial charge on any atom is 0.404 e. The molecule has 0 bridgehead atoms. The molecular formula is C24H50N2O2. The van der Waals surface area contributed by atoms with Crippen molar-refractivity contribution in [3.05, 3.63) is 0 Å². The van der Waals surface area contributed by atoms with Crippen LogP contribution in [0, 0.1) is 0 Å². The van der Waals surface area contributed by atoms with Gasteiger partial charge in [0, 0.05) is 6.54 Å². The molecule has 4 heteroatoms. The zero-order valence-corrected chi connectivity index (χ0v) is 19.2. The zero-order valence-electron chi connectivity index (χ0n) is 19.2. The highest BCUT2D eigenvalue weighted by molar-refractivity contribution is 5.64. The lowest BCUT2D eigenvalue weighted by Crippen LogP contribution is -2.27. The van der Waals surface area contributed by atoms with Crippen LogP contribution in [0.5, 0.6) is 0 Å². The van der Waals surface area contributed by atoms with Gasteiger partial charge in [-0.15, -0.1) is 0 Å². The lowest BCUT2D eigenvalue weighted by Gasteiger charge is -2.22. The summed E-state index contributed by atoms with van der Waals surface area (Å²) in [5, 5.41) is 11.1. The van der Waals surface area contributed by atoms with Crippen LogP contribution in [0.4, 0.5) is 4.79 Å².